The summed E-state index contributed by atoms with van der Waals surface area (Å²) < 4.78 is 39.2. The first-order chi connectivity index (χ1) is 18.4. The molecule has 2 N–H and O–H groups in total. The van der Waals surface area contributed by atoms with Crippen molar-refractivity contribution in [2.45, 2.75) is 18.6 Å². The molecule has 5 aromatic rings. The second kappa shape index (κ2) is 10.8. The number of aromatic nitrogens is 2. The van der Waals surface area contributed by atoms with Gasteiger partial charge in [-0.05, 0) is 53.4 Å². The van der Waals surface area contributed by atoms with E-state index >= 15 is 0 Å². The van der Waals surface area contributed by atoms with Crippen LogP contribution in [0.15, 0.2) is 115 Å². The van der Waals surface area contributed by atoms with Crippen LogP contribution in [0.3, 0.4) is 0 Å². The number of benzene rings is 4. The molecule has 0 aliphatic heterocycles. The van der Waals surface area contributed by atoms with Crippen molar-refractivity contribution in [3.63, 3.8) is 0 Å². The zero-order chi connectivity index (χ0) is 26.5. The van der Waals surface area contributed by atoms with Crippen LogP contribution in [0.25, 0.3) is 22.5 Å². The van der Waals surface area contributed by atoms with Crippen molar-refractivity contribution in [1.29, 1.82) is 0 Å². The first kappa shape index (κ1) is 25.0. The lowest BCUT2D eigenvalue weighted by Crippen LogP contribution is -2.30. The molecule has 0 radical (unpaired) electrons. The van der Waals surface area contributed by atoms with Crippen LogP contribution in [-0.4, -0.2) is 16.1 Å². The van der Waals surface area contributed by atoms with E-state index in [1.807, 2.05) is 60.7 Å². The van der Waals surface area contributed by atoms with E-state index < -0.39 is 11.7 Å². The number of hydrogen-bond acceptors (Lipinski definition) is 2. The van der Waals surface area contributed by atoms with Crippen LogP contribution in [0.5, 0.6) is 0 Å². The minimum Gasteiger partial charge on any atom is -0.345 e. The molecule has 0 aliphatic carbocycles. The van der Waals surface area contributed by atoms with Gasteiger partial charge in [-0.2, -0.15) is 18.3 Å². The van der Waals surface area contributed by atoms with Gasteiger partial charge in [-0.15, -0.1) is 0 Å². The average Bonchev–Trinajstić information content (AvgIpc) is 3.44. The fraction of sp³-hybridized carbons (Fsp3) is 0.0968. The Labute approximate surface area is 218 Å². The van der Waals surface area contributed by atoms with E-state index in [2.05, 4.69) is 15.5 Å². The molecule has 4 aromatic carbocycles. The predicted octanol–water partition coefficient (Wildman–Crippen LogP) is 7.48. The molecular weight excluding hydrogens is 487 g/mol. The number of alkyl halides is 3. The van der Waals surface area contributed by atoms with Crippen LogP contribution in [0.1, 0.15) is 33.1 Å². The van der Waals surface area contributed by atoms with Gasteiger partial charge in [0.2, 0.25) is 0 Å². The maximum Gasteiger partial charge on any atom is 0.416 e. The summed E-state index contributed by atoms with van der Waals surface area (Å²) in [4.78, 5) is 13.1. The third-order valence-electron chi connectivity index (χ3n) is 6.31. The van der Waals surface area contributed by atoms with Crippen LogP contribution in [-0.2, 0) is 12.6 Å². The third-order valence-corrected chi connectivity index (χ3v) is 6.31. The maximum atomic E-state index is 13.1. The highest BCUT2D eigenvalue weighted by Gasteiger charge is 2.30. The Morgan fingerprint density at radius 3 is 2.16 bits per heavy atom. The van der Waals surface area contributed by atoms with E-state index in [1.165, 1.54) is 6.07 Å². The van der Waals surface area contributed by atoms with Crippen molar-refractivity contribution in [1.82, 2.24) is 15.5 Å². The molecule has 0 spiro atoms. The Balaban J connectivity index is 1.32. The number of carbonyl (C=O) groups excluding carboxylic acids is 1. The van der Waals surface area contributed by atoms with E-state index in [9.17, 15) is 18.0 Å². The Bertz CT molecular complexity index is 1510. The molecule has 0 saturated heterocycles. The minimum atomic E-state index is -4.42. The molecule has 38 heavy (non-hydrogen) atoms. The number of nitrogens with one attached hydrogen (secondary N) is 2. The molecule has 1 heterocycles. The number of nitrogens with zero attached hydrogens (tertiary/aromatic N) is 1. The predicted molar refractivity (Wildman–Crippen MR) is 141 cm³/mol. The summed E-state index contributed by atoms with van der Waals surface area (Å²) in [5.74, 6) is -0.199. The van der Waals surface area contributed by atoms with E-state index in [0.29, 0.717) is 28.9 Å². The highest BCUT2D eigenvalue weighted by molar-refractivity contribution is 5.95. The molecule has 0 fully saturated rings. The average molecular weight is 512 g/mol. The molecule has 0 unspecified atom stereocenters. The zero-order valence-electron chi connectivity index (χ0n) is 20.2. The number of aromatic amines is 1. The standard InChI is InChI=1S/C31H24F3N3O/c32-31(33,34)26-13-7-12-25(19-26)29-20-28(36-37-29)23-14-16-24(17-15-23)30(38)35-27(22-10-5-2-6-11-22)18-21-8-3-1-4-9-21/h1-17,19-20,27H,18H2,(H,35,38)(H,36,37)/t27-/m1/s1. The maximum absolute atomic E-state index is 13.1. The van der Waals surface area contributed by atoms with Crippen LogP contribution in [0.4, 0.5) is 13.2 Å². The summed E-state index contributed by atoms with van der Waals surface area (Å²) in [7, 11) is 0. The zero-order valence-corrected chi connectivity index (χ0v) is 20.2. The van der Waals surface area contributed by atoms with Gasteiger partial charge in [0.05, 0.1) is 23.0 Å². The SMILES string of the molecule is O=C(N[C@H](Cc1ccccc1)c1ccccc1)c1ccc(-c2cc(-c3cccc(C(F)(F)F)c3)n[nH]2)cc1. The largest absolute Gasteiger partial charge is 0.416 e. The summed E-state index contributed by atoms with van der Waals surface area (Å²) in [5, 5.41) is 10.2. The van der Waals surface area contributed by atoms with Crippen LogP contribution in [0.2, 0.25) is 0 Å². The van der Waals surface area contributed by atoms with E-state index in [-0.39, 0.29) is 11.9 Å². The molecule has 0 aliphatic rings. The quantitative estimate of drug-likeness (QED) is 0.238. The van der Waals surface area contributed by atoms with Gasteiger partial charge in [-0.3, -0.25) is 9.89 Å². The van der Waals surface area contributed by atoms with Crippen molar-refractivity contribution in [3.05, 3.63) is 138 Å². The number of carbonyl (C=O) groups is 1. The molecule has 0 bridgehead atoms. The number of halogens is 3. The molecule has 1 atom stereocenters. The van der Waals surface area contributed by atoms with Gasteiger partial charge >= 0.3 is 6.18 Å². The van der Waals surface area contributed by atoms with Gasteiger partial charge in [0, 0.05) is 11.1 Å². The van der Waals surface area contributed by atoms with E-state index in [4.69, 9.17) is 0 Å². The fourth-order valence-corrected chi connectivity index (χ4v) is 4.30. The molecule has 5 rings (SSSR count). The molecule has 0 saturated carbocycles. The Kier molecular flexibility index (Phi) is 7.09. The highest BCUT2D eigenvalue weighted by Crippen LogP contribution is 2.32. The number of amides is 1. The molecule has 1 aromatic heterocycles. The Hall–Kier alpha value is -4.65. The summed E-state index contributed by atoms with van der Waals surface area (Å²) >= 11 is 0. The van der Waals surface area contributed by atoms with Crippen molar-refractivity contribution < 1.29 is 18.0 Å². The lowest BCUT2D eigenvalue weighted by Gasteiger charge is -2.20. The Morgan fingerprint density at radius 2 is 1.47 bits per heavy atom. The fourth-order valence-electron chi connectivity index (χ4n) is 4.30. The van der Waals surface area contributed by atoms with Gasteiger partial charge in [-0.25, -0.2) is 0 Å². The van der Waals surface area contributed by atoms with Crippen molar-refractivity contribution in [3.8, 4) is 22.5 Å². The molecule has 7 heteroatoms. The lowest BCUT2D eigenvalue weighted by molar-refractivity contribution is -0.137. The number of H-pyrrole nitrogens is 1. The molecule has 4 nitrogen and oxygen atoms in total. The smallest absolute Gasteiger partial charge is 0.345 e. The van der Waals surface area contributed by atoms with E-state index in [0.717, 1.165) is 28.8 Å². The molecule has 1 amide bonds. The van der Waals surface area contributed by atoms with Crippen LogP contribution < -0.4 is 5.32 Å². The van der Waals surface area contributed by atoms with Crippen molar-refractivity contribution >= 4 is 5.91 Å². The minimum absolute atomic E-state index is 0.199. The highest BCUT2D eigenvalue weighted by atomic mass is 19.4. The van der Waals surface area contributed by atoms with Gasteiger partial charge in [0.15, 0.2) is 0 Å². The summed E-state index contributed by atoms with van der Waals surface area (Å²) in [5.41, 5.74) is 4.07. The van der Waals surface area contributed by atoms with E-state index in [1.54, 1.807) is 36.4 Å². The van der Waals surface area contributed by atoms with Crippen molar-refractivity contribution in [2.75, 3.05) is 0 Å². The van der Waals surface area contributed by atoms with Gasteiger partial charge in [0.25, 0.3) is 5.91 Å². The molecular formula is C31H24F3N3O. The lowest BCUT2D eigenvalue weighted by atomic mass is 9.98. The summed E-state index contributed by atoms with van der Waals surface area (Å²) in [6, 6.07) is 33.4. The van der Waals surface area contributed by atoms with Gasteiger partial charge in [-0.1, -0.05) is 84.9 Å². The van der Waals surface area contributed by atoms with Crippen LogP contribution >= 0.6 is 0 Å². The first-order valence-corrected chi connectivity index (χ1v) is 12.1. The first-order valence-electron chi connectivity index (χ1n) is 12.1. The normalized spacial score (nSPS) is 12.2. The Morgan fingerprint density at radius 1 is 0.789 bits per heavy atom. The molecule has 190 valence electrons. The van der Waals surface area contributed by atoms with Crippen LogP contribution in [0, 0.1) is 0 Å². The number of rotatable bonds is 7. The van der Waals surface area contributed by atoms with Crippen molar-refractivity contribution in [2.24, 2.45) is 0 Å². The van der Waals surface area contributed by atoms with Gasteiger partial charge < -0.3 is 5.32 Å². The van der Waals surface area contributed by atoms with Gasteiger partial charge in [0.1, 0.15) is 0 Å². The topological polar surface area (TPSA) is 57.8 Å². The second-order valence-electron chi connectivity index (χ2n) is 8.95. The monoisotopic (exact) mass is 511 g/mol. The number of hydrogen-bond donors (Lipinski definition) is 2. The third kappa shape index (κ3) is 5.83. The summed E-state index contributed by atoms with van der Waals surface area (Å²) in [6.45, 7) is 0. The summed E-state index contributed by atoms with van der Waals surface area (Å²) in [6.07, 6.45) is -3.77. The second-order valence-corrected chi connectivity index (χ2v) is 8.95.